The molecular weight excluding hydrogens is 327 g/mol. The molecule has 0 heterocycles. The standard InChI is InChI=1S/C23H23FO2/c1-2-3-16-23(17-4-10-20(24)11-5-17,18-6-12-21(25)13-7-18)19-8-14-22(26)15-9-19/h4-15,25-26H,2-3,16H2,1H3. The molecule has 0 unspecified atom stereocenters. The van der Waals surface area contributed by atoms with E-state index in [4.69, 9.17) is 0 Å². The van der Waals surface area contributed by atoms with Gasteiger partial charge in [-0.2, -0.15) is 0 Å². The van der Waals surface area contributed by atoms with E-state index in [0.29, 0.717) is 0 Å². The maximum Gasteiger partial charge on any atom is 0.123 e. The van der Waals surface area contributed by atoms with Crippen LogP contribution in [0.5, 0.6) is 11.5 Å². The molecule has 0 saturated carbocycles. The zero-order valence-electron chi connectivity index (χ0n) is 14.8. The molecule has 0 radical (unpaired) electrons. The minimum Gasteiger partial charge on any atom is -0.508 e. The van der Waals surface area contributed by atoms with Crippen LogP contribution in [0.2, 0.25) is 0 Å². The molecule has 3 rings (SSSR count). The zero-order chi connectivity index (χ0) is 18.6. The first-order valence-electron chi connectivity index (χ1n) is 8.91. The van der Waals surface area contributed by atoms with E-state index in [1.54, 1.807) is 24.3 Å². The number of aromatic hydroxyl groups is 2. The normalized spacial score (nSPS) is 11.5. The third-order valence-corrected chi connectivity index (χ3v) is 4.96. The molecule has 0 amide bonds. The van der Waals surface area contributed by atoms with Gasteiger partial charge >= 0.3 is 0 Å². The van der Waals surface area contributed by atoms with Crippen LogP contribution in [0.15, 0.2) is 72.8 Å². The number of hydrogen-bond acceptors (Lipinski definition) is 2. The summed E-state index contributed by atoms with van der Waals surface area (Å²) in [6, 6.07) is 21.0. The molecule has 0 aliphatic rings. The summed E-state index contributed by atoms with van der Waals surface area (Å²) in [6.45, 7) is 2.14. The molecule has 2 N–H and O–H groups in total. The van der Waals surface area contributed by atoms with E-state index in [-0.39, 0.29) is 17.3 Å². The zero-order valence-corrected chi connectivity index (χ0v) is 14.8. The van der Waals surface area contributed by atoms with Gasteiger partial charge in [-0.1, -0.05) is 56.2 Å². The minimum absolute atomic E-state index is 0.211. The molecule has 0 aliphatic heterocycles. The molecular formula is C23H23FO2. The third kappa shape index (κ3) is 3.43. The average molecular weight is 350 g/mol. The molecule has 3 heteroatoms. The van der Waals surface area contributed by atoms with Gasteiger partial charge < -0.3 is 10.2 Å². The van der Waals surface area contributed by atoms with Gasteiger partial charge in [-0.15, -0.1) is 0 Å². The van der Waals surface area contributed by atoms with Crippen LogP contribution >= 0.6 is 0 Å². The summed E-state index contributed by atoms with van der Waals surface area (Å²) in [5, 5.41) is 19.5. The van der Waals surface area contributed by atoms with E-state index in [2.05, 4.69) is 6.92 Å². The molecule has 0 aromatic heterocycles. The number of halogens is 1. The lowest BCUT2D eigenvalue weighted by Gasteiger charge is -2.36. The maximum atomic E-state index is 13.6. The molecule has 0 fully saturated rings. The van der Waals surface area contributed by atoms with Gasteiger partial charge in [-0.05, 0) is 59.5 Å². The SMILES string of the molecule is CCCCC(c1ccc(O)cc1)(c1ccc(O)cc1)c1ccc(F)cc1. The fourth-order valence-corrected chi connectivity index (χ4v) is 3.60. The summed E-state index contributed by atoms with van der Waals surface area (Å²) in [4.78, 5) is 0. The molecule has 0 aliphatic carbocycles. The van der Waals surface area contributed by atoms with Gasteiger partial charge in [-0.25, -0.2) is 4.39 Å². The van der Waals surface area contributed by atoms with Gasteiger partial charge in [0.05, 0.1) is 0 Å². The first-order chi connectivity index (χ1) is 12.6. The highest BCUT2D eigenvalue weighted by atomic mass is 19.1. The van der Waals surface area contributed by atoms with Crippen LogP contribution in [0.4, 0.5) is 4.39 Å². The molecule has 0 saturated heterocycles. The summed E-state index contributed by atoms with van der Waals surface area (Å²) in [7, 11) is 0. The van der Waals surface area contributed by atoms with Gasteiger partial charge in [0.15, 0.2) is 0 Å². The van der Waals surface area contributed by atoms with E-state index >= 15 is 0 Å². The summed E-state index contributed by atoms with van der Waals surface area (Å²) >= 11 is 0. The highest BCUT2D eigenvalue weighted by molar-refractivity contribution is 5.52. The van der Waals surface area contributed by atoms with Crippen molar-refractivity contribution in [1.29, 1.82) is 0 Å². The van der Waals surface area contributed by atoms with E-state index in [0.717, 1.165) is 36.0 Å². The van der Waals surface area contributed by atoms with Crippen molar-refractivity contribution in [3.63, 3.8) is 0 Å². The predicted octanol–water partition coefficient (Wildman–Crippen LogP) is 5.76. The van der Waals surface area contributed by atoms with Gasteiger partial charge in [0.1, 0.15) is 17.3 Å². The van der Waals surface area contributed by atoms with Crippen molar-refractivity contribution in [3.05, 3.63) is 95.3 Å². The van der Waals surface area contributed by atoms with Crippen LogP contribution in [-0.2, 0) is 5.41 Å². The minimum atomic E-state index is -0.481. The van der Waals surface area contributed by atoms with Crippen molar-refractivity contribution in [3.8, 4) is 11.5 Å². The summed E-state index contributed by atoms with van der Waals surface area (Å²) in [6.07, 6.45) is 2.85. The van der Waals surface area contributed by atoms with Gasteiger partial charge in [-0.3, -0.25) is 0 Å². The Labute approximate surface area is 153 Å². The smallest absolute Gasteiger partial charge is 0.123 e. The van der Waals surface area contributed by atoms with E-state index in [1.165, 1.54) is 12.1 Å². The van der Waals surface area contributed by atoms with Crippen molar-refractivity contribution in [2.75, 3.05) is 0 Å². The Kier molecular flexibility index (Phi) is 5.27. The highest BCUT2D eigenvalue weighted by Crippen LogP contribution is 2.44. The van der Waals surface area contributed by atoms with Crippen molar-refractivity contribution in [2.24, 2.45) is 0 Å². The second kappa shape index (κ2) is 7.61. The number of hydrogen-bond donors (Lipinski definition) is 2. The van der Waals surface area contributed by atoms with Crippen molar-refractivity contribution in [1.82, 2.24) is 0 Å². The number of unbranched alkanes of at least 4 members (excludes halogenated alkanes) is 1. The average Bonchev–Trinajstić information content (AvgIpc) is 2.66. The lowest BCUT2D eigenvalue weighted by atomic mass is 9.66. The monoisotopic (exact) mass is 350 g/mol. The van der Waals surface area contributed by atoms with Crippen LogP contribution in [0, 0.1) is 5.82 Å². The number of benzene rings is 3. The Balaban J connectivity index is 2.27. The second-order valence-corrected chi connectivity index (χ2v) is 6.61. The van der Waals surface area contributed by atoms with E-state index in [1.807, 2.05) is 36.4 Å². The first-order valence-corrected chi connectivity index (χ1v) is 8.91. The molecule has 0 bridgehead atoms. The third-order valence-electron chi connectivity index (χ3n) is 4.96. The van der Waals surface area contributed by atoms with E-state index < -0.39 is 5.41 Å². The Hall–Kier alpha value is -2.81. The molecule has 0 spiro atoms. The van der Waals surface area contributed by atoms with Crippen LogP contribution in [0.3, 0.4) is 0 Å². The predicted molar refractivity (Wildman–Crippen MR) is 102 cm³/mol. The van der Waals surface area contributed by atoms with Gasteiger partial charge in [0.2, 0.25) is 0 Å². The van der Waals surface area contributed by atoms with Crippen molar-refractivity contribution in [2.45, 2.75) is 31.6 Å². The Morgan fingerprint density at radius 2 is 1.08 bits per heavy atom. The van der Waals surface area contributed by atoms with Crippen LogP contribution in [-0.4, -0.2) is 10.2 Å². The molecule has 2 nitrogen and oxygen atoms in total. The van der Waals surface area contributed by atoms with Crippen LogP contribution < -0.4 is 0 Å². The van der Waals surface area contributed by atoms with Crippen LogP contribution in [0.1, 0.15) is 42.9 Å². The highest BCUT2D eigenvalue weighted by Gasteiger charge is 2.35. The van der Waals surface area contributed by atoms with Crippen molar-refractivity contribution < 1.29 is 14.6 Å². The first kappa shape index (κ1) is 18.0. The van der Waals surface area contributed by atoms with Crippen LogP contribution in [0.25, 0.3) is 0 Å². The lowest BCUT2D eigenvalue weighted by Crippen LogP contribution is -2.29. The molecule has 134 valence electrons. The Morgan fingerprint density at radius 3 is 1.46 bits per heavy atom. The maximum absolute atomic E-state index is 13.6. The second-order valence-electron chi connectivity index (χ2n) is 6.61. The molecule has 3 aromatic carbocycles. The summed E-state index contributed by atoms with van der Waals surface area (Å²) < 4.78 is 13.6. The topological polar surface area (TPSA) is 40.5 Å². The quantitative estimate of drug-likeness (QED) is 0.555. The Morgan fingerprint density at radius 1 is 0.692 bits per heavy atom. The lowest BCUT2D eigenvalue weighted by molar-refractivity contribution is 0.471. The number of phenolic OH excluding ortho intramolecular Hbond substituents is 2. The van der Waals surface area contributed by atoms with Gasteiger partial charge in [0.25, 0.3) is 0 Å². The summed E-state index contributed by atoms with van der Waals surface area (Å²) in [5.74, 6) is 0.153. The molecule has 3 aromatic rings. The fourth-order valence-electron chi connectivity index (χ4n) is 3.60. The van der Waals surface area contributed by atoms with Crippen molar-refractivity contribution >= 4 is 0 Å². The largest absolute Gasteiger partial charge is 0.508 e. The molecule has 0 atom stereocenters. The summed E-state index contributed by atoms with van der Waals surface area (Å²) in [5.41, 5.74) is 2.57. The van der Waals surface area contributed by atoms with E-state index in [9.17, 15) is 14.6 Å². The number of phenols is 2. The van der Waals surface area contributed by atoms with Gasteiger partial charge in [0, 0.05) is 5.41 Å². The number of rotatable bonds is 6. The fraction of sp³-hybridized carbons (Fsp3) is 0.217. The Bertz CT molecular complexity index is 726. The molecule has 26 heavy (non-hydrogen) atoms.